The van der Waals surface area contributed by atoms with E-state index in [0.29, 0.717) is 48.9 Å². The molecule has 3 heterocycles. The first-order valence-electron chi connectivity index (χ1n) is 11.1. The lowest BCUT2D eigenvalue weighted by Crippen LogP contribution is -2.56. The van der Waals surface area contributed by atoms with Gasteiger partial charge in [0.15, 0.2) is 5.16 Å². The fraction of sp³-hybridized carbons (Fsp3) is 0.500. The Morgan fingerprint density at radius 2 is 2.09 bits per heavy atom. The Kier molecular flexibility index (Phi) is 9.56. The lowest BCUT2D eigenvalue weighted by molar-refractivity contribution is -0.118. The highest BCUT2D eigenvalue weighted by Gasteiger charge is 2.28. The fourth-order valence-corrected chi connectivity index (χ4v) is 4.34. The lowest BCUT2D eigenvalue weighted by atomic mass is 10.2. The van der Waals surface area contributed by atoms with Crippen molar-refractivity contribution in [1.82, 2.24) is 30.5 Å². The smallest absolute Gasteiger partial charge is 0.317 e. The second-order valence-corrected chi connectivity index (χ2v) is 9.12. The monoisotopic (exact) mass is 491 g/mol. The van der Waals surface area contributed by atoms with Gasteiger partial charge in [0.25, 0.3) is 0 Å². The van der Waals surface area contributed by atoms with E-state index < -0.39 is 0 Å². The molecule has 1 aliphatic rings. The van der Waals surface area contributed by atoms with Crippen LogP contribution in [0.25, 0.3) is 0 Å². The summed E-state index contributed by atoms with van der Waals surface area (Å²) in [5, 5.41) is 6.58. The molecule has 3 rings (SSSR count). The second-order valence-electron chi connectivity index (χ2n) is 7.79. The predicted molar refractivity (Wildman–Crippen MR) is 131 cm³/mol. The maximum atomic E-state index is 12.4. The minimum Gasteiger partial charge on any atom is -0.353 e. The molecule has 11 heteroatoms. The predicted octanol–water partition coefficient (Wildman–Crippen LogP) is 2.95. The van der Waals surface area contributed by atoms with E-state index in [2.05, 4.69) is 37.4 Å². The van der Waals surface area contributed by atoms with Gasteiger partial charge in [-0.05, 0) is 25.5 Å². The zero-order valence-corrected chi connectivity index (χ0v) is 20.5. The molecule has 2 N–H and O–H groups in total. The molecule has 0 aliphatic carbocycles. The SMILES string of the molecule is CCCCNC(=O)N1CCN(c2cc(Cl)nc(SCC(=O)NCc3ccccn3)n2)CC1C. The van der Waals surface area contributed by atoms with E-state index in [1.54, 1.807) is 12.3 Å². The maximum absolute atomic E-state index is 12.4. The molecule has 0 radical (unpaired) electrons. The number of rotatable bonds is 9. The molecule has 0 saturated carbocycles. The van der Waals surface area contributed by atoms with Crippen molar-refractivity contribution in [3.63, 3.8) is 0 Å². The third-order valence-corrected chi connectivity index (χ3v) is 6.25. The summed E-state index contributed by atoms with van der Waals surface area (Å²) in [5.41, 5.74) is 0.796. The second kappa shape index (κ2) is 12.6. The van der Waals surface area contributed by atoms with Crippen LogP contribution < -0.4 is 15.5 Å². The lowest BCUT2D eigenvalue weighted by Gasteiger charge is -2.40. The van der Waals surface area contributed by atoms with Crippen molar-refractivity contribution in [3.05, 3.63) is 41.3 Å². The number of anilines is 1. The Morgan fingerprint density at radius 1 is 1.24 bits per heavy atom. The number of thioether (sulfide) groups is 1. The van der Waals surface area contributed by atoms with E-state index in [1.807, 2.05) is 30.0 Å². The van der Waals surface area contributed by atoms with Crippen LogP contribution in [0, 0.1) is 0 Å². The molecule has 2 aromatic heterocycles. The molecule has 9 nitrogen and oxygen atoms in total. The Bertz CT molecular complexity index is 934. The van der Waals surface area contributed by atoms with Gasteiger partial charge in [0, 0.05) is 44.5 Å². The van der Waals surface area contributed by atoms with Crippen molar-refractivity contribution in [3.8, 4) is 0 Å². The van der Waals surface area contributed by atoms with Gasteiger partial charge < -0.3 is 20.4 Å². The van der Waals surface area contributed by atoms with Crippen LogP contribution in [-0.2, 0) is 11.3 Å². The van der Waals surface area contributed by atoms with Gasteiger partial charge in [-0.1, -0.05) is 42.8 Å². The Hall–Kier alpha value is -2.59. The van der Waals surface area contributed by atoms with E-state index in [4.69, 9.17) is 11.6 Å². The molecule has 33 heavy (non-hydrogen) atoms. The molecule has 1 aliphatic heterocycles. The molecule has 0 spiro atoms. The third kappa shape index (κ3) is 7.75. The van der Waals surface area contributed by atoms with Crippen LogP contribution in [0.3, 0.4) is 0 Å². The topological polar surface area (TPSA) is 103 Å². The fourth-order valence-electron chi connectivity index (χ4n) is 3.43. The van der Waals surface area contributed by atoms with Crippen molar-refractivity contribution >= 4 is 41.1 Å². The molecular formula is C22H30ClN7O2S. The highest BCUT2D eigenvalue weighted by atomic mass is 35.5. The molecule has 1 fully saturated rings. The van der Waals surface area contributed by atoms with Gasteiger partial charge in [0.2, 0.25) is 5.91 Å². The van der Waals surface area contributed by atoms with Crippen molar-refractivity contribution in [2.45, 2.75) is 44.4 Å². The zero-order chi connectivity index (χ0) is 23.6. The standard InChI is InChI=1S/C22H30ClN7O2S/c1-3-4-8-25-22(32)30-11-10-29(14-16(30)2)19-12-18(23)27-21(28-19)33-15-20(31)26-13-17-7-5-6-9-24-17/h5-7,9,12,16H,3-4,8,10-11,13-15H2,1-2H3,(H,25,32)(H,26,31). The number of nitrogens with zero attached hydrogens (tertiary/aromatic N) is 5. The first-order valence-corrected chi connectivity index (χ1v) is 12.5. The summed E-state index contributed by atoms with van der Waals surface area (Å²) in [7, 11) is 0. The Labute approximate surface area is 203 Å². The highest BCUT2D eigenvalue weighted by molar-refractivity contribution is 7.99. The molecule has 3 amide bonds. The third-order valence-electron chi connectivity index (χ3n) is 5.20. The normalized spacial score (nSPS) is 15.9. The summed E-state index contributed by atoms with van der Waals surface area (Å²) in [4.78, 5) is 41.6. The number of aromatic nitrogens is 3. The number of amides is 3. The van der Waals surface area contributed by atoms with Crippen LogP contribution in [0.2, 0.25) is 5.15 Å². The highest BCUT2D eigenvalue weighted by Crippen LogP contribution is 2.24. The summed E-state index contributed by atoms with van der Waals surface area (Å²) < 4.78 is 0. The number of carbonyl (C=O) groups excluding carboxylic acids is 2. The van der Waals surface area contributed by atoms with Gasteiger partial charge in [0.1, 0.15) is 11.0 Å². The minimum absolute atomic E-state index is 0.0238. The van der Waals surface area contributed by atoms with E-state index in [0.717, 1.165) is 18.5 Å². The van der Waals surface area contributed by atoms with Gasteiger partial charge >= 0.3 is 6.03 Å². The van der Waals surface area contributed by atoms with E-state index in [9.17, 15) is 9.59 Å². The number of carbonyl (C=O) groups is 2. The van der Waals surface area contributed by atoms with Crippen LogP contribution in [0.5, 0.6) is 0 Å². The van der Waals surface area contributed by atoms with Crippen molar-refractivity contribution < 1.29 is 9.59 Å². The van der Waals surface area contributed by atoms with Crippen LogP contribution >= 0.6 is 23.4 Å². The largest absolute Gasteiger partial charge is 0.353 e. The van der Waals surface area contributed by atoms with Gasteiger partial charge in [0.05, 0.1) is 18.0 Å². The van der Waals surface area contributed by atoms with Crippen molar-refractivity contribution in [2.24, 2.45) is 0 Å². The zero-order valence-electron chi connectivity index (χ0n) is 19.0. The van der Waals surface area contributed by atoms with Crippen LogP contribution in [0.4, 0.5) is 10.6 Å². The van der Waals surface area contributed by atoms with Gasteiger partial charge in [-0.2, -0.15) is 0 Å². The summed E-state index contributed by atoms with van der Waals surface area (Å²) in [6, 6.07) is 7.29. The number of halogens is 1. The molecule has 0 aromatic carbocycles. The van der Waals surface area contributed by atoms with Gasteiger partial charge in [-0.3, -0.25) is 9.78 Å². The molecule has 1 atom stereocenters. The molecule has 0 bridgehead atoms. The van der Waals surface area contributed by atoms with Gasteiger partial charge in [-0.15, -0.1) is 0 Å². The van der Waals surface area contributed by atoms with E-state index >= 15 is 0 Å². The molecule has 1 saturated heterocycles. The molecule has 2 aromatic rings. The Balaban J connectivity index is 1.52. The maximum Gasteiger partial charge on any atom is 0.317 e. The summed E-state index contributed by atoms with van der Waals surface area (Å²) in [6.07, 6.45) is 3.71. The number of urea groups is 1. The Morgan fingerprint density at radius 3 is 2.82 bits per heavy atom. The summed E-state index contributed by atoms with van der Waals surface area (Å²) >= 11 is 7.47. The average molecular weight is 492 g/mol. The van der Waals surface area contributed by atoms with Crippen LogP contribution in [-0.4, -0.2) is 69.8 Å². The number of nitrogens with one attached hydrogen (secondary N) is 2. The number of pyridine rings is 1. The number of piperazine rings is 1. The number of hydrogen-bond donors (Lipinski definition) is 2. The minimum atomic E-state index is -0.132. The molecule has 1 unspecified atom stereocenters. The molecule has 178 valence electrons. The quantitative estimate of drug-likeness (QED) is 0.240. The van der Waals surface area contributed by atoms with E-state index in [1.165, 1.54) is 11.8 Å². The van der Waals surface area contributed by atoms with Crippen LogP contribution in [0.1, 0.15) is 32.4 Å². The van der Waals surface area contributed by atoms with Crippen molar-refractivity contribution in [2.75, 3.05) is 36.8 Å². The summed E-state index contributed by atoms with van der Waals surface area (Å²) in [5.74, 6) is 0.741. The van der Waals surface area contributed by atoms with Crippen LogP contribution in [0.15, 0.2) is 35.6 Å². The first kappa shape index (κ1) is 25.0. The average Bonchev–Trinajstić information content (AvgIpc) is 2.81. The van der Waals surface area contributed by atoms with Crippen molar-refractivity contribution in [1.29, 1.82) is 0 Å². The number of hydrogen-bond acceptors (Lipinski definition) is 7. The number of unbranched alkanes of at least 4 members (excludes halogenated alkanes) is 1. The van der Waals surface area contributed by atoms with E-state index in [-0.39, 0.29) is 23.7 Å². The first-order chi connectivity index (χ1) is 16.0. The summed E-state index contributed by atoms with van der Waals surface area (Å²) in [6.45, 7) is 7.07. The molecular weight excluding hydrogens is 462 g/mol. The van der Waals surface area contributed by atoms with Gasteiger partial charge in [-0.25, -0.2) is 14.8 Å².